The number of aliphatic hydroxyl groups is 3. The fourth-order valence-electron chi connectivity index (χ4n) is 6.20. The van der Waals surface area contributed by atoms with Crippen molar-refractivity contribution in [3.8, 4) is 17.0 Å². The van der Waals surface area contributed by atoms with Crippen molar-refractivity contribution in [2.24, 2.45) is 23.0 Å². The number of pyridine rings is 1. The van der Waals surface area contributed by atoms with Gasteiger partial charge < -0.3 is 31.5 Å². The van der Waals surface area contributed by atoms with Crippen molar-refractivity contribution in [2.45, 2.75) is 52.2 Å². The fourth-order valence-corrected chi connectivity index (χ4v) is 6.20. The quantitative estimate of drug-likeness (QED) is 0.306. The molecule has 0 saturated heterocycles. The molecule has 210 valence electrons. The molecule has 3 atom stereocenters. The molecule has 2 unspecified atom stereocenters. The van der Waals surface area contributed by atoms with Crippen LogP contribution in [0, 0.1) is 17.3 Å². The predicted molar refractivity (Wildman–Crippen MR) is 146 cm³/mol. The molecule has 10 nitrogen and oxygen atoms in total. The Hall–Kier alpha value is -4.02. The minimum atomic E-state index is -2.60. The van der Waals surface area contributed by atoms with Gasteiger partial charge in [0.15, 0.2) is 11.4 Å². The zero-order valence-electron chi connectivity index (χ0n) is 22.6. The van der Waals surface area contributed by atoms with E-state index >= 15 is 0 Å². The summed E-state index contributed by atoms with van der Waals surface area (Å²) in [6, 6.07) is 7.24. The molecule has 0 radical (unpaired) electrons. The largest absolute Gasteiger partial charge is 0.508 e. The second-order valence-electron chi connectivity index (χ2n) is 12.1. The average Bonchev–Trinajstić information content (AvgIpc) is 2.87. The number of primary amides is 1. The lowest BCUT2D eigenvalue weighted by molar-refractivity contribution is -0.147. The Morgan fingerprint density at radius 2 is 1.90 bits per heavy atom. The van der Waals surface area contributed by atoms with Crippen LogP contribution in [0.15, 0.2) is 47.4 Å². The number of phenolic OH excluding ortho intramolecular Hbond substituents is 1. The van der Waals surface area contributed by atoms with Crippen LogP contribution in [0.4, 0.5) is 0 Å². The SMILES string of the molecule is CC(C)(C)CNCc1cc(-c2ccccn2)c2c(c1O)C(O)=C1C(=O)C3(O)C(O)=C(C(N)=O)C(=O)C[C@@H]3CC1C2. The van der Waals surface area contributed by atoms with Gasteiger partial charge >= 0.3 is 0 Å². The number of aliphatic hydroxyl groups excluding tert-OH is 2. The van der Waals surface area contributed by atoms with Crippen LogP contribution in [0.1, 0.15) is 50.3 Å². The Morgan fingerprint density at radius 3 is 2.52 bits per heavy atom. The average molecular weight is 548 g/mol. The number of benzene rings is 1. The molecule has 3 aliphatic rings. The van der Waals surface area contributed by atoms with E-state index in [0.717, 1.165) is 0 Å². The maximum Gasteiger partial charge on any atom is 0.255 e. The highest BCUT2D eigenvalue weighted by Gasteiger charge is 2.60. The molecule has 2 aromatic rings. The molecule has 1 aromatic heterocycles. The Bertz CT molecular complexity index is 1500. The van der Waals surface area contributed by atoms with Crippen molar-refractivity contribution in [3.63, 3.8) is 0 Å². The highest BCUT2D eigenvalue weighted by Crippen LogP contribution is 2.53. The van der Waals surface area contributed by atoms with Crippen LogP contribution in [-0.4, -0.2) is 55.0 Å². The third-order valence-corrected chi connectivity index (χ3v) is 8.05. The number of nitrogens with zero attached hydrogens (tertiary/aromatic N) is 1. The lowest BCUT2D eigenvalue weighted by Gasteiger charge is -2.46. The van der Waals surface area contributed by atoms with E-state index in [9.17, 15) is 34.8 Å². The van der Waals surface area contributed by atoms with Crippen molar-refractivity contribution < 1.29 is 34.8 Å². The van der Waals surface area contributed by atoms with Gasteiger partial charge in [0.25, 0.3) is 5.91 Å². The van der Waals surface area contributed by atoms with Gasteiger partial charge in [-0.3, -0.25) is 19.4 Å². The van der Waals surface area contributed by atoms with Crippen LogP contribution in [0.25, 0.3) is 17.0 Å². The lowest BCUT2D eigenvalue weighted by Crippen LogP contribution is -2.58. The van der Waals surface area contributed by atoms with Gasteiger partial charge in [0.1, 0.15) is 22.8 Å². The van der Waals surface area contributed by atoms with E-state index in [1.807, 2.05) is 18.2 Å². The van der Waals surface area contributed by atoms with Crippen molar-refractivity contribution >= 4 is 23.2 Å². The summed E-state index contributed by atoms with van der Waals surface area (Å²) in [6.07, 6.45) is 1.56. The molecule has 0 aliphatic heterocycles. The van der Waals surface area contributed by atoms with Gasteiger partial charge in [-0.05, 0) is 47.9 Å². The van der Waals surface area contributed by atoms with Crippen molar-refractivity contribution in [3.05, 3.63) is 64.1 Å². The molecule has 3 aliphatic carbocycles. The van der Waals surface area contributed by atoms with E-state index in [0.29, 0.717) is 28.9 Å². The summed E-state index contributed by atoms with van der Waals surface area (Å²) in [5, 5.41) is 48.5. The lowest BCUT2D eigenvalue weighted by atomic mass is 9.59. The number of ketones is 2. The normalized spacial score (nSPS) is 24.5. The number of aromatic nitrogens is 1. The minimum Gasteiger partial charge on any atom is -0.508 e. The first-order chi connectivity index (χ1) is 18.8. The van der Waals surface area contributed by atoms with Gasteiger partial charge in [-0.25, -0.2) is 0 Å². The van der Waals surface area contributed by atoms with Crippen LogP contribution in [0.3, 0.4) is 0 Å². The number of carbonyl (C=O) groups excluding carboxylic acids is 3. The molecular formula is C30H33N3O7. The molecular weight excluding hydrogens is 514 g/mol. The van der Waals surface area contributed by atoms with Crippen molar-refractivity contribution in [1.82, 2.24) is 10.3 Å². The molecule has 0 spiro atoms. The number of fused-ring (bicyclic) bond motifs is 3. The Kier molecular flexibility index (Phi) is 6.59. The summed E-state index contributed by atoms with van der Waals surface area (Å²) in [4.78, 5) is 42.8. The standard InChI is InChI=1S/C30H33N3O7/c1-29(2,3)13-32-12-15-10-17(19-6-4-5-7-33-19)18-9-14-8-16-11-20(34)23(28(31)39)27(38)30(16,40)26(37)21(14)25(36)22(18)24(15)35/h4-7,10,14,16,32,35-36,38,40H,8-9,11-13H2,1-3H3,(H2,31,39)/t14?,16-,30?/m0/s1. The molecule has 7 N–H and O–H groups in total. The number of carbonyl (C=O) groups is 3. The van der Waals surface area contributed by atoms with E-state index < -0.39 is 52.0 Å². The second-order valence-corrected chi connectivity index (χ2v) is 12.1. The number of hydrogen-bond donors (Lipinski definition) is 6. The smallest absolute Gasteiger partial charge is 0.255 e. The van der Waals surface area contributed by atoms with Gasteiger partial charge in [-0.2, -0.15) is 0 Å². The zero-order chi connectivity index (χ0) is 29.1. The summed E-state index contributed by atoms with van der Waals surface area (Å²) in [7, 11) is 0. The number of nitrogens with one attached hydrogen (secondary N) is 1. The summed E-state index contributed by atoms with van der Waals surface area (Å²) < 4.78 is 0. The molecule has 40 heavy (non-hydrogen) atoms. The zero-order valence-corrected chi connectivity index (χ0v) is 22.6. The van der Waals surface area contributed by atoms with E-state index in [1.165, 1.54) is 0 Å². The second kappa shape index (κ2) is 9.57. The molecule has 1 saturated carbocycles. The number of aromatic hydroxyl groups is 1. The van der Waals surface area contributed by atoms with Crippen LogP contribution in [0.5, 0.6) is 5.75 Å². The summed E-state index contributed by atoms with van der Waals surface area (Å²) in [6.45, 7) is 7.14. The maximum atomic E-state index is 13.8. The van der Waals surface area contributed by atoms with E-state index in [4.69, 9.17) is 5.73 Å². The van der Waals surface area contributed by atoms with Crippen molar-refractivity contribution in [2.75, 3.05) is 6.54 Å². The number of hydrogen-bond acceptors (Lipinski definition) is 9. The maximum absolute atomic E-state index is 13.8. The van der Waals surface area contributed by atoms with Crippen LogP contribution in [-0.2, 0) is 27.3 Å². The highest BCUT2D eigenvalue weighted by atomic mass is 16.3. The van der Waals surface area contributed by atoms with Gasteiger partial charge in [-0.1, -0.05) is 26.8 Å². The Morgan fingerprint density at radius 1 is 1.18 bits per heavy atom. The molecule has 1 heterocycles. The van der Waals surface area contributed by atoms with Crippen LogP contribution < -0.4 is 11.1 Å². The van der Waals surface area contributed by atoms with Gasteiger partial charge in [0.2, 0.25) is 5.78 Å². The predicted octanol–water partition coefficient (Wildman–Crippen LogP) is 2.62. The number of phenols is 1. The van der Waals surface area contributed by atoms with Crippen LogP contribution in [0.2, 0.25) is 0 Å². The number of Topliss-reactive ketones (excluding diaryl/α,β-unsaturated/α-hetero) is 2. The molecule has 1 amide bonds. The first-order valence-electron chi connectivity index (χ1n) is 13.2. The molecule has 1 aromatic carbocycles. The summed E-state index contributed by atoms with van der Waals surface area (Å²) in [5.74, 6) is -6.47. The van der Waals surface area contributed by atoms with Crippen LogP contribution >= 0.6 is 0 Å². The summed E-state index contributed by atoms with van der Waals surface area (Å²) >= 11 is 0. The fraction of sp³-hybridized carbons (Fsp3) is 0.400. The van der Waals surface area contributed by atoms with E-state index in [-0.39, 0.29) is 48.1 Å². The monoisotopic (exact) mass is 547 g/mol. The number of amides is 1. The van der Waals surface area contributed by atoms with E-state index in [1.54, 1.807) is 12.3 Å². The third-order valence-electron chi connectivity index (χ3n) is 8.05. The first kappa shape index (κ1) is 27.5. The molecule has 0 bridgehead atoms. The van der Waals surface area contributed by atoms with Gasteiger partial charge in [0, 0.05) is 48.3 Å². The topological polar surface area (TPSA) is 183 Å². The van der Waals surface area contributed by atoms with Crippen molar-refractivity contribution in [1.29, 1.82) is 0 Å². The molecule has 10 heteroatoms. The molecule has 1 fully saturated rings. The van der Waals surface area contributed by atoms with Gasteiger partial charge in [0.05, 0.1) is 11.3 Å². The highest BCUT2D eigenvalue weighted by molar-refractivity contribution is 6.22. The Balaban J connectivity index is 1.69. The molecule has 5 rings (SSSR count). The summed E-state index contributed by atoms with van der Waals surface area (Å²) in [5.41, 5.74) is 4.09. The minimum absolute atomic E-state index is 0.0217. The number of rotatable bonds is 5. The van der Waals surface area contributed by atoms with Gasteiger partial charge in [-0.15, -0.1) is 0 Å². The third kappa shape index (κ3) is 4.28. The van der Waals surface area contributed by atoms with E-state index in [2.05, 4.69) is 31.1 Å². The number of nitrogens with two attached hydrogens (primary N) is 1. The Labute approximate surface area is 231 Å². The first-order valence-corrected chi connectivity index (χ1v) is 13.2.